The van der Waals surface area contributed by atoms with Gasteiger partial charge in [-0.3, -0.25) is 4.79 Å². The standard InChI is InChI=1S/C15H22N2O2.ClH/c1-11-3-4-14(12(2)9-11)19-10-15(18)17-7-5-13(16)6-8-17;/h3-4,9,13H,5-8,10,16H2,1-2H3;1H. The molecule has 4 nitrogen and oxygen atoms in total. The summed E-state index contributed by atoms with van der Waals surface area (Å²) in [7, 11) is 0. The molecule has 0 atom stereocenters. The van der Waals surface area contributed by atoms with E-state index in [9.17, 15) is 4.79 Å². The van der Waals surface area contributed by atoms with Crippen LogP contribution in [0, 0.1) is 13.8 Å². The molecule has 0 aromatic heterocycles. The zero-order valence-corrected chi connectivity index (χ0v) is 12.9. The van der Waals surface area contributed by atoms with Gasteiger partial charge in [0.1, 0.15) is 5.75 Å². The highest BCUT2D eigenvalue weighted by Gasteiger charge is 2.20. The van der Waals surface area contributed by atoms with E-state index in [-0.39, 0.29) is 31.0 Å². The maximum absolute atomic E-state index is 12.0. The SMILES string of the molecule is Cc1ccc(OCC(=O)N2CCC(N)CC2)c(C)c1.Cl. The molecule has 1 heterocycles. The molecule has 1 fully saturated rings. The number of carbonyl (C=O) groups is 1. The summed E-state index contributed by atoms with van der Waals surface area (Å²) in [4.78, 5) is 13.9. The predicted molar refractivity (Wildman–Crippen MR) is 82.4 cm³/mol. The molecule has 0 spiro atoms. The number of nitrogens with two attached hydrogens (primary N) is 1. The lowest BCUT2D eigenvalue weighted by molar-refractivity contribution is -0.134. The lowest BCUT2D eigenvalue weighted by atomic mass is 10.1. The van der Waals surface area contributed by atoms with Gasteiger partial charge in [-0.05, 0) is 38.3 Å². The maximum atomic E-state index is 12.0. The van der Waals surface area contributed by atoms with Crippen LogP contribution in [0.15, 0.2) is 18.2 Å². The highest BCUT2D eigenvalue weighted by atomic mass is 35.5. The number of aryl methyl sites for hydroxylation is 2. The lowest BCUT2D eigenvalue weighted by Gasteiger charge is -2.30. The first-order valence-corrected chi connectivity index (χ1v) is 6.79. The Morgan fingerprint density at radius 2 is 2.00 bits per heavy atom. The van der Waals surface area contributed by atoms with Crippen molar-refractivity contribution in [1.82, 2.24) is 4.90 Å². The fourth-order valence-electron chi connectivity index (χ4n) is 2.34. The van der Waals surface area contributed by atoms with Crippen LogP contribution in [0.25, 0.3) is 0 Å². The van der Waals surface area contributed by atoms with Gasteiger partial charge in [0.05, 0.1) is 0 Å². The first-order chi connectivity index (χ1) is 9.06. The van der Waals surface area contributed by atoms with Crippen molar-refractivity contribution < 1.29 is 9.53 Å². The third-order valence-electron chi connectivity index (χ3n) is 3.57. The number of benzene rings is 1. The number of hydrogen-bond acceptors (Lipinski definition) is 3. The van der Waals surface area contributed by atoms with E-state index in [1.165, 1.54) is 5.56 Å². The number of hydrogen-bond donors (Lipinski definition) is 1. The minimum absolute atomic E-state index is 0. The minimum atomic E-state index is 0. The number of ether oxygens (including phenoxy) is 1. The Bertz CT molecular complexity index is 457. The molecule has 5 heteroatoms. The average molecular weight is 299 g/mol. The summed E-state index contributed by atoms with van der Waals surface area (Å²) in [6, 6.07) is 6.21. The first-order valence-electron chi connectivity index (χ1n) is 6.79. The van der Waals surface area contributed by atoms with Gasteiger partial charge in [0, 0.05) is 19.1 Å². The molecule has 1 aliphatic heterocycles. The summed E-state index contributed by atoms with van der Waals surface area (Å²) >= 11 is 0. The first kappa shape index (κ1) is 16.8. The molecule has 2 rings (SSSR count). The van der Waals surface area contributed by atoms with Gasteiger partial charge >= 0.3 is 0 Å². The molecule has 0 bridgehead atoms. The average Bonchev–Trinajstić information content (AvgIpc) is 2.38. The van der Waals surface area contributed by atoms with Crippen LogP contribution in [0.1, 0.15) is 24.0 Å². The Morgan fingerprint density at radius 1 is 1.35 bits per heavy atom. The fourth-order valence-corrected chi connectivity index (χ4v) is 2.34. The van der Waals surface area contributed by atoms with Gasteiger partial charge in [0.15, 0.2) is 6.61 Å². The molecule has 2 N–H and O–H groups in total. The lowest BCUT2D eigenvalue weighted by Crippen LogP contribution is -2.44. The molecule has 20 heavy (non-hydrogen) atoms. The van der Waals surface area contributed by atoms with Gasteiger partial charge in [-0.25, -0.2) is 0 Å². The maximum Gasteiger partial charge on any atom is 0.260 e. The van der Waals surface area contributed by atoms with E-state index >= 15 is 0 Å². The van der Waals surface area contributed by atoms with E-state index in [1.54, 1.807) is 0 Å². The molecule has 112 valence electrons. The smallest absolute Gasteiger partial charge is 0.260 e. The van der Waals surface area contributed by atoms with Crippen LogP contribution in [-0.4, -0.2) is 36.5 Å². The Morgan fingerprint density at radius 3 is 2.60 bits per heavy atom. The molecular formula is C15H23ClN2O2. The number of likely N-dealkylation sites (tertiary alicyclic amines) is 1. The van der Waals surface area contributed by atoms with Crippen LogP contribution in [0.5, 0.6) is 5.75 Å². The van der Waals surface area contributed by atoms with Gasteiger partial charge in [-0.1, -0.05) is 17.7 Å². The van der Waals surface area contributed by atoms with Crippen molar-refractivity contribution in [2.24, 2.45) is 5.73 Å². The summed E-state index contributed by atoms with van der Waals surface area (Å²) in [5.41, 5.74) is 8.09. The van der Waals surface area contributed by atoms with Crippen LogP contribution in [-0.2, 0) is 4.79 Å². The number of amides is 1. The Balaban J connectivity index is 0.00000200. The van der Waals surface area contributed by atoms with Crippen molar-refractivity contribution in [2.45, 2.75) is 32.7 Å². The highest BCUT2D eigenvalue weighted by Crippen LogP contribution is 2.19. The Kier molecular flexibility index (Phi) is 6.30. The van der Waals surface area contributed by atoms with Crippen LogP contribution in [0.3, 0.4) is 0 Å². The topological polar surface area (TPSA) is 55.6 Å². The minimum Gasteiger partial charge on any atom is -0.484 e. The quantitative estimate of drug-likeness (QED) is 0.929. The van der Waals surface area contributed by atoms with Crippen LogP contribution >= 0.6 is 12.4 Å². The molecule has 1 saturated heterocycles. The van der Waals surface area contributed by atoms with Gasteiger partial charge < -0.3 is 15.4 Å². The number of carbonyl (C=O) groups excluding carboxylic acids is 1. The normalized spacial score (nSPS) is 15.7. The number of piperidine rings is 1. The molecule has 1 amide bonds. The fraction of sp³-hybridized carbons (Fsp3) is 0.533. The van der Waals surface area contributed by atoms with E-state index in [0.29, 0.717) is 0 Å². The van der Waals surface area contributed by atoms with Gasteiger partial charge in [0.2, 0.25) is 0 Å². The summed E-state index contributed by atoms with van der Waals surface area (Å²) in [6.45, 7) is 5.64. The van der Waals surface area contributed by atoms with E-state index in [4.69, 9.17) is 10.5 Å². The summed E-state index contributed by atoms with van der Waals surface area (Å²) in [6.07, 6.45) is 1.77. The molecule has 0 saturated carbocycles. The molecule has 0 unspecified atom stereocenters. The van der Waals surface area contributed by atoms with Crippen molar-refractivity contribution in [3.05, 3.63) is 29.3 Å². The van der Waals surface area contributed by atoms with Crippen LogP contribution in [0.4, 0.5) is 0 Å². The van der Waals surface area contributed by atoms with Gasteiger partial charge in [0.25, 0.3) is 5.91 Å². The Hall–Kier alpha value is -1.26. The van der Waals surface area contributed by atoms with E-state index in [2.05, 4.69) is 6.07 Å². The Labute approximate surface area is 126 Å². The van der Waals surface area contributed by atoms with Crippen molar-refractivity contribution in [2.75, 3.05) is 19.7 Å². The predicted octanol–water partition coefficient (Wildman–Crippen LogP) is 2.05. The highest BCUT2D eigenvalue weighted by molar-refractivity contribution is 5.85. The number of halogens is 1. The van der Waals surface area contributed by atoms with Crippen LogP contribution < -0.4 is 10.5 Å². The zero-order chi connectivity index (χ0) is 13.8. The molecule has 1 aromatic rings. The van der Waals surface area contributed by atoms with E-state index in [1.807, 2.05) is 30.9 Å². The summed E-state index contributed by atoms with van der Waals surface area (Å²) in [5.74, 6) is 0.833. The molecular weight excluding hydrogens is 276 g/mol. The number of nitrogens with zero attached hydrogens (tertiary/aromatic N) is 1. The van der Waals surface area contributed by atoms with Crippen molar-refractivity contribution >= 4 is 18.3 Å². The second-order valence-electron chi connectivity index (χ2n) is 5.28. The van der Waals surface area contributed by atoms with Gasteiger partial charge in [-0.15, -0.1) is 12.4 Å². The second kappa shape index (κ2) is 7.50. The number of rotatable bonds is 3. The van der Waals surface area contributed by atoms with Crippen LogP contribution in [0.2, 0.25) is 0 Å². The summed E-state index contributed by atoms with van der Waals surface area (Å²) < 4.78 is 5.61. The van der Waals surface area contributed by atoms with E-state index in [0.717, 1.165) is 37.2 Å². The third kappa shape index (κ3) is 4.39. The summed E-state index contributed by atoms with van der Waals surface area (Å²) in [5, 5.41) is 0. The van der Waals surface area contributed by atoms with Crippen molar-refractivity contribution in [1.29, 1.82) is 0 Å². The van der Waals surface area contributed by atoms with Crippen molar-refractivity contribution in [3.8, 4) is 5.75 Å². The molecule has 0 aliphatic carbocycles. The third-order valence-corrected chi connectivity index (χ3v) is 3.57. The molecule has 1 aromatic carbocycles. The van der Waals surface area contributed by atoms with E-state index < -0.39 is 0 Å². The largest absolute Gasteiger partial charge is 0.484 e. The van der Waals surface area contributed by atoms with Crippen molar-refractivity contribution in [3.63, 3.8) is 0 Å². The molecule has 0 radical (unpaired) electrons. The monoisotopic (exact) mass is 298 g/mol. The zero-order valence-electron chi connectivity index (χ0n) is 12.1. The van der Waals surface area contributed by atoms with Gasteiger partial charge in [-0.2, -0.15) is 0 Å². The second-order valence-corrected chi connectivity index (χ2v) is 5.28. The molecule has 1 aliphatic rings.